The van der Waals surface area contributed by atoms with Crippen LogP contribution in [0.2, 0.25) is 0 Å². The summed E-state index contributed by atoms with van der Waals surface area (Å²) in [5.74, 6) is 0.143. The lowest BCUT2D eigenvalue weighted by atomic mass is 10.2. The molecule has 0 atom stereocenters. The van der Waals surface area contributed by atoms with Crippen LogP contribution in [0.3, 0.4) is 0 Å². The van der Waals surface area contributed by atoms with Gasteiger partial charge in [0.05, 0.1) is 4.90 Å². The minimum atomic E-state index is -3.44. The highest BCUT2D eigenvalue weighted by atomic mass is 32.2. The lowest BCUT2D eigenvalue weighted by molar-refractivity contribution is -0.119. The molecule has 0 radical (unpaired) electrons. The molecule has 0 aromatic heterocycles. The van der Waals surface area contributed by atoms with Gasteiger partial charge in [0.1, 0.15) is 0 Å². The first-order valence-corrected chi connectivity index (χ1v) is 7.62. The molecule has 2 N–H and O–H groups in total. The van der Waals surface area contributed by atoms with Gasteiger partial charge in [0.25, 0.3) is 0 Å². The molecule has 0 aliphatic rings. The highest BCUT2D eigenvalue weighted by Gasteiger charge is 2.13. The van der Waals surface area contributed by atoms with E-state index in [4.69, 9.17) is 0 Å². The maximum atomic E-state index is 11.9. The van der Waals surface area contributed by atoms with Gasteiger partial charge in [-0.1, -0.05) is 26.0 Å². The van der Waals surface area contributed by atoms with Gasteiger partial charge in [0.2, 0.25) is 15.9 Å². The molecule has 0 fully saturated rings. The van der Waals surface area contributed by atoms with Gasteiger partial charge in [0.15, 0.2) is 0 Å². The smallest absolute Gasteiger partial charge is 0.240 e. The molecule has 1 aromatic rings. The Balaban J connectivity index is 2.72. The molecule has 19 heavy (non-hydrogen) atoms. The number of rotatable bonds is 6. The number of carbonyl (C=O) groups excluding carboxylic acids is 1. The van der Waals surface area contributed by atoms with Crippen molar-refractivity contribution in [2.45, 2.75) is 32.2 Å². The molecule has 0 unspecified atom stereocenters. The van der Waals surface area contributed by atoms with E-state index >= 15 is 0 Å². The summed E-state index contributed by atoms with van der Waals surface area (Å²) < 4.78 is 26.4. The van der Waals surface area contributed by atoms with Gasteiger partial charge in [-0.25, -0.2) is 13.1 Å². The van der Waals surface area contributed by atoms with Crippen molar-refractivity contribution in [3.8, 4) is 0 Å². The van der Waals surface area contributed by atoms with Crippen LogP contribution >= 0.6 is 0 Å². The quantitative estimate of drug-likeness (QED) is 0.825. The predicted molar refractivity (Wildman–Crippen MR) is 74.0 cm³/mol. The van der Waals surface area contributed by atoms with Crippen molar-refractivity contribution in [3.05, 3.63) is 29.8 Å². The Morgan fingerprint density at radius 2 is 1.79 bits per heavy atom. The molecule has 0 spiro atoms. The van der Waals surface area contributed by atoms with Crippen LogP contribution < -0.4 is 10.0 Å². The van der Waals surface area contributed by atoms with Gasteiger partial charge in [-0.3, -0.25) is 4.79 Å². The average Bonchev–Trinajstić information content (AvgIpc) is 2.34. The van der Waals surface area contributed by atoms with Gasteiger partial charge in [-0.2, -0.15) is 0 Å². The summed E-state index contributed by atoms with van der Waals surface area (Å²) in [7, 11) is -3.44. The van der Waals surface area contributed by atoms with Gasteiger partial charge >= 0.3 is 0 Å². The highest BCUT2D eigenvalue weighted by molar-refractivity contribution is 7.89. The van der Waals surface area contributed by atoms with Crippen LogP contribution in [0, 0.1) is 5.92 Å². The molecule has 0 bridgehead atoms. The fourth-order valence-corrected chi connectivity index (χ4v) is 2.59. The van der Waals surface area contributed by atoms with E-state index in [1.807, 2.05) is 13.8 Å². The molecule has 0 aliphatic heterocycles. The Bertz CT molecular complexity index is 521. The highest BCUT2D eigenvalue weighted by Crippen LogP contribution is 2.10. The number of benzene rings is 1. The number of amides is 1. The molecule has 0 saturated carbocycles. The first-order chi connectivity index (χ1) is 8.81. The van der Waals surface area contributed by atoms with Crippen molar-refractivity contribution in [1.82, 2.24) is 10.0 Å². The van der Waals surface area contributed by atoms with E-state index in [9.17, 15) is 13.2 Å². The third-order valence-electron chi connectivity index (χ3n) is 2.46. The second kappa shape index (κ2) is 6.68. The van der Waals surface area contributed by atoms with E-state index in [1.54, 1.807) is 24.3 Å². The zero-order valence-corrected chi connectivity index (χ0v) is 12.3. The molecule has 0 heterocycles. The maximum Gasteiger partial charge on any atom is 0.240 e. The molecular formula is C13H20N2O3S. The van der Waals surface area contributed by atoms with Crippen molar-refractivity contribution in [2.75, 3.05) is 6.54 Å². The largest absolute Gasteiger partial charge is 0.352 e. The topological polar surface area (TPSA) is 75.3 Å². The van der Waals surface area contributed by atoms with Crippen molar-refractivity contribution in [2.24, 2.45) is 5.92 Å². The second-order valence-electron chi connectivity index (χ2n) is 4.80. The summed E-state index contributed by atoms with van der Waals surface area (Å²) in [6.45, 7) is 6.14. The van der Waals surface area contributed by atoms with E-state index in [1.165, 1.54) is 6.92 Å². The monoisotopic (exact) mass is 284 g/mol. The number of hydrogen-bond acceptors (Lipinski definition) is 3. The van der Waals surface area contributed by atoms with Crippen LogP contribution in [0.25, 0.3) is 0 Å². The summed E-state index contributed by atoms with van der Waals surface area (Å²) in [6, 6.07) is 6.47. The number of hydrogen-bond donors (Lipinski definition) is 2. The Kier molecular flexibility index (Phi) is 5.50. The molecule has 6 heteroatoms. The van der Waals surface area contributed by atoms with Crippen LogP contribution in [-0.4, -0.2) is 20.9 Å². The van der Waals surface area contributed by atoms with E-state index < -0.39 is 10.0 Å². The Labute approximate surface area is 114 Å². The van der Waals surface area contributed by atoms with Crippen molar-refractivity contribution < 1.29 is 13.2 Å². The summed E-state index contributed by atoms with van der Waals surface area (Å²) in [4.78, 5) is 11.0. The van der Waals surface area contributed by atoms with E-state index in [2.05, 4.69) is 10.0 Å². The van der Waals surface area contributed by atoms with Crippen LogP contribution in [0.4, 0.5) is 0 Å². The van der Waals surface area contributed by atoms with Crippen molar-refractivity contribution in [3.63, 3.8) is 0 Å². The molecular weight excluding hydrogens is 264 g/mol. The van der Waals surface area contributed by atoms with Gasteiger partial charge < -0.3 is 5.32 Å². The Morgan fingerprint density at radius 3 is 2.26 bits per heavy atom. The van der Waals surface area contributed by atoms with Crippen LogP contribution in [0.15, 0.2) is 29.2 Å². The zero-order valence-electron chi connectivity index (χ0n) is 11.4. The fourth-order valence-electron chi connectivity index (χ4n) is 1.37. The third kappa shape index (κ3) is 5.40. The summed E-state index contributed by atoms with van der Waals surface area (Å²) in [5, 5.41) is 2.66. The second-order valence-corrected chi connectivity index (χ2v) is 6.57. The fraction of sp³-hybridized carbons (Fsp3) is 0.462. The maximum absolute atomic E-state index is 11.9. The van der Waals surface area contributed by atoms with Crippen molar-refractivity contribution >= 4 is 15.9 Å². The SMILES string of the molecule is CC(=O)NCc1ccc(S(=O)(=O)NCC(C)C)cc1. The predicted octanol–water partition coefficient (Wildman–Crippen LogP) is 1.26. The number of sulfonamides is 1. The summed E-state index contributed by atoms with van der Waals surface area (Å²) >= 11 is 0. The van der Waals surface area contributed by atoms with Crippen LogP contribution in [0.1, 0.15) is 26.3 Å². The minimum absolute atomic E-state index is 0.115. The first-order valence-electron chi connectivity index (χ1n) is 6.14. The molecule has 106 valence electrons. The molecule has 0 aliphatic carbocycles. The molecule has 1 rings (SSSR count). The van der Waals surface area contributed by atoms with E-state index in [-0.39, 0.29) is 16.7 Å². The minimum Gasteiger partial charge on any atom is -0.352 e. The number of nitrogens with one attached hydrogen (secondary N) is 2. The zero-order chi connectivity index (χ0) is 14.5. The van der Waals surface area contributed by atoms with Gasteiger partial charge in [-0.15, -0.1) is 0 Å². The summed E-state index contributed by atoms with van der Waals surface area (Å²) in [5.41, 5.74) is 0.859. The molecule has 1 aromatic carbocycles. The normalized spacial score (nSPS) is 11.6. The van der Waals surface area contributed by atoms with Gasteiger partial charge in [-0.05, 0) is 23.6 Å². The standard InChI is InChI=1S/C13H20N2O3S/c1-10(2)8-15-19(17,18)13-6-4-12(5-7-13)9-14-11(3)16/h4-7,10,15H,8-9H2,1-3H3,(H,14,16). The lowest BCUT2D eigenvalue weighted by Crippen LogP contribution is -2.27. The molecule has 5 nitrogen and oxygen atoms in total. The number of carbonyl (C=O) groups is 1. The summed E-state index contributed by atoms with van der Waals surface area (Å²) in [6.07, 6.45) is 0. The lowest BCUT2D eigenvalue weighted by Gasteiger charge is -2.09. The van der Waals surface area contributed by atoms with Crippen LogP contribution in [-0.2, 0) is 21.4 Å². The molecule has 1 amide bonds. The van der Waals surface area contributed by atoms with Gasteiger partial charge in [0, 0.05) is 20.0 Å². The first kappa shape index (κ1) is 15.7. The Morgan fingerprint density at radius 1 is 1.21 bits per heavy atom. The van der Waals surface area contributed by atoms with E-state index in [0.29, 0.717) is 13.1 Å². The third-order valence-corrected chi connectivity index (χ3v) is 3.90. The van der Waals surface area contributed by atoms with Crippen molar-refractivity contribution in [1.29, 1.82) is 0 Å². The van der Waals surface area contributed by atoms with Crippen LogP contribution in [0.5, 0.6) is 0 Å². The average molecular weight is 284 g/mol. The Hall–Kier alpha value is -1.40. The van der Waals surface area contributed by atoms with E-state index in [0.717, 1.165) is 5.56 Å². The molecule has 0 saturated heterocycles.